The Morgan fingerprint density at radius 2 is 2.18 bits per heavy atom. The fourth-order valence-corrected chi connectivity index (χ4v) is 1.58. The van der Waals surface area contributed by atoms with Crippen molar-refractivity contribution in [3.63, 3.8) is 0 Å². The van der Waals surface area contributed by atoms with Crippen molar-refractivity contribution in [3.05, 3.63) is 29.8 Å². The average Bonchev–Trinajstić information content (AvgIpc) is 2.28. The van der Waals surface area contributed by atoms with Crippen LogP contribution in [0.1, 0.15) is 19.4 Å². The van der Waals surface area contributed by atoms with Crippen LogP contribution in [-0.2, 0) is 11.2 Å². The van der Waals surface area contributed by atoms with Crippen molar-refractivity contribution >= 4 is 5.91 Å². The highest BCUT2D eigenvalue weighted by molar-refractivity contribution is 5.81. The van der Waals surface area contributed by atoms with Crippen molar-refractivity contribution in [2.24, 2.45) is 5.73 Å². The molecule has 4 heteroatoms. The zero-order valence-electron chi connectivity index (χ0n) is 10.6. The average molecular weight is 236 g/mol. The highest BCUT2D eigenvalue weighted by atomic mass is 16.5. The van der Waals surface area contributed by atoms with Crippen molar-refractivity contribution in [2.45, 2.75) is 32.4 Å². The summed E-state index contributed by atoms with van der Waals surface area (Å²) in [4.78, 5) is 11.4. The van der Waals surface area contributed by atoms with Crippen molar-refractivity contribution in [1.82, 2.24) is 5.32 Å². The van der Waals surface area contributed by atoms with E-state index in [1.165, 1.54) is 0 Å². The van der Waals surface area contributed by atoms with Gasteiger partial charge in [0.1, 0.15) is 5.75 Å². The number of hydrogen-bond donors (Lipinski definition) is 2. The summed E-state index contributed by atoms with van der Waals surface area (Å²) < 4.78 is 5.15. The van der Waals surface area contributed by atoms with E-state index in [0.29, 0.717) is 0 Å². The van der Waals surface area contributed by atoms with Gasteiger partial charge in [-0.15, -0.1) is 0 Å². The Kier molecular flexibility index (Phi) is 4.97. The lowest BCUT2D eigenvalue weighted by atomic mass is 10.1. The number of nitrogens with two attached hydrogens (primary N) is 1. The summed E-state index contributed by atoms with van der Waals surface area (Å²) in [6.07, 6.45) is 0.760. The summed E-state index contributed by atoms with van der Waals surface area (Å²) in [5.74, 6) is 0.702. The molecule has 1 rings (SSSR count). The topological polar surface area (TPSA) is 64.3 Å². The summed E-state index contributed by atoms with van der Waals surface area (Å²) >= 11 is 0. The van der Waals surface area contributed by atoms with Crippen LogP contribution >= 0.6 is 0 Å². The second-order valence-corrected chi connectivity index (χ2v) is 4.25. The van der Waals surface area contributed by atoms with Crippen LogP contribution < -0.4 is 15.8 Å². The molecule has 4 nitrogen and oxygen atoms in total. The van der Waals surface area contributed by atoms with Gasteiger partial charge in [-0.05, 0) is 38.0 Å². The Hall–Kier alpha value is -1.55. The van der Waals surface area contributed by atoms with Gasteiger partial charge in [0.2, 0.25) is 5.91 Å². The number of benzene rings is 1. The third-order valence-corrected chi connectivity index (χ3v) is 2.48. The van der Waals surface area contributed by atoms with E-state index in [1.54, 1.807) is 14.0 Å². The number of amides is 1. The standard InChI is InChI=1S/C13H20N2O2/c1-9(15-13(16)10(2)14)7-11-5-4-6-12(8-11)17-3/h4-6,8-10H,7,14H2,1-3H3,(H,15,16)/t9?,10-/m1/s1. The zero-order chi connectivity index (χ0) is 12.8. The van der Waals surface area contributed by atoms with E-state index in [2.05, 4.69) is 5.32 Å². The van der Waals surface area contributed by atoms with E-state index in [1.807, 2.05) is 31.2 Å². The fourth-order valence-electron chi connectivity index (χ4n) is 1.58. The maximum absolute atomic E-state index is 11.4. The molecule has 2 atom stereocenters. The number of carbonyl (C=O) groups excluding carboxylic acids is 1. The lowest BCUT2D eigenvalue weighted by molar-refractivity contribution is -0.122. The molecule has 0 saturated carbocycles. The zero-order valence-corrected chi connectivity index (χ0v) is 10.6. The summed E-state index contributed by atoms with van der Waals surface area (Å²) in [6, 6.07) is 7.40. The maximum Gasteiger partial charge on any atom is 0.236 e. The van der Waals surface area contributed by atoms with Crippen LogP contribution in [0.4, 0.5) is 0 Å². The highest BCUT2D eigenvalue weighted by Gasteiger charge is 2.11. The minimum atomic E-state index is -0.470. The van der Waals surface area contributed by atoms with Gasteiger partial charge in [0.05, 0.1) is 13.2 Å². The fraction of sp³-hybridized carbons (Fsp3) is 0.462. The van der Waals surface area contributed by atoms with Crippen molar-refractivity contribution in [2.75, 3.05) is 7.11 Å². The molecule has 0 aromatic heterocycles. The molecule has 1 aromatic rings. The van der Waals surface area contributed by atoms with Crippen molar-refractivity contribution in [1.29, 1.82) is 0 Å². The number of carbonyl (C=O) groups is 1. The molecule has 0 spiro atoms. The van der Waals surface area contributed by atoms with Crippen molar-refractivity contribution < 1.29 is 9.53 Å². The van der Waals surface area contributed by atoms with Gasteiger partial charge >= 0.3 is 0 Å². The molecule has 0 bridgehead atoms. The highest BCUT2D eigenvalue weighted by Crippen LogP contribution is 2.13. The van der Waals surface area contributed by atoms with Gasteiger partial charge in [0.15, 0.2) is 0 Å². The lowest BCUT2D eigenvalue weighted by Crippen LogP contribution is -2.43. The van der Waals surface area contributed by atoms with Crippen molar-refractivity contribution in [3.8, 4) is 5.75 Å². The van der Waals surface area contributed by atoms with Crippen LogP contribution in [0.25, 0.3) is 0 Å². The smallest absolute Gasteiger partial charge is 0.236 e. The van der Waals surface area contributed by atoms with Gasteiger partial charge < -0.3 is 15.8 Å². The predicted molar refractivity (Wildman–Crippen MR) is 68.0 cm³/mol. The first kappa shape index (κ1) is 13.5. The second-order valence-electron chi connectivity index (χ2n) is 4.25. The quantitative estimate of drug-likeness (QED) is 0.804. The first-order valence-electron chi connectivity index (χ1n) is 5.72. The molecular weight excluding hydrogens is 216 g/mol. The van der Waals surface area contributed by atoms with E-state index < -0.39 is 6.04 Å². The van der Waals surface area contributed by atoms with Crippen LogP contribution in [0, 0.1) is 0 Å². The predicted octanol–water partition coefficient (Wildman–Crippen LogP) is 1.09. The van der Waals surface area contributed by atoms with Crippen LogP contribution in [-0.4, -0.2) is 25.1 Å². The molecule has 0 aliphatic rings. The minimum absolute atomic E-state index is 0.0561. The molecule has 1 aromatic carbocycles. The molecule has 1 amide bonds. The van der Waals surface area contributed by atoms with E-state index in [-0.39, 0.29) is 11.9 Å². The first-order chi connectivity index (χ1) is 8.02. The third kappa shape index (κ3) is 4.44. The summed E-state index contributed by atoms with van der Waals surface area (Å²) in [5, 5.41) is 2.86. The monoisotopic (exact) mass is 236 g/mol. The molecule has 0 heterocycles. The molecule has 0 saturated heterocycles. The Balaban J connectivity index is 2.55. The summed E-state index contributed by atoms with van der Waals surface area (Å²) in [5.41, 5.74) is 6.62. The van der Waals surface area contributed by atoms with E-state index in [9.17, 15) is 4.79 Å². The SMILES string of the molecule is COc1cccc(CC(C)NC(=O)[C@@H](C)N)c1. The number of rotatable bonds is 5. The van der Waals surface area contributed by atoms with Gasteiger partial charge in [-0.25, -0.2) is 0 Å². The van der Waals surface area contributed by atoms with E-state index >= 15 is 0 Å². The van der Waals surface area contributed by atoms with Gasteiger partial charge in [-0.3, -0.25) is 4.79 Å². The maximum atomic E-state index is 11.4. The number of methoxy groups -OCH3 is 1. The molecule has 3 N–H and O–H groups in total. The lowest BCUT2D eigenvalue weighted by Gasteiger charge is -2.15. The number of ether oxygens (including phenoxy) is 1. The van der Waals surface area contributed by atoms with Crippen LogP contribution in [0.3, 0.4) is 0 Å². The molecule has 17 heavy (non-hydrogen) atoms. The minimum Gasteiger partial charge on any atom is -0.497 e. The normalized spacial score (nSPS) is 13.9. The molecule has 0 aliphatic carbocycles. The Morgan fingerprint density at radius 1 is 1.47 bits per heavy atom. The van der Waals surface area contributed by atoms with Gasteiger partial charge in [-0.1, -0.05) is 12.1 Å². The summed E-state index contributed by atoms with van der Waals surface area (Å²) in [7, 11) is 1.64. The molecule has 0 aliphatic heterocycles. The van der Waals surface area contributed by atoms with Gasteiger partial charge in [0.25, 0.3) is 0 Å². The Morgan fingerprint density at radius 3 is 2.76 bits per heavy atom. The largest absolute Gasteiger partial charge is 0.497 e. The van der Waals surface area contributed by atoms with E-state index in [4.69, 9.17) is 10.5 Å². The molecule has 0 radical (unpaired) electrons. The Labute approximate surface area is 102 Å². The van der Waals surface area contributed by atoms with Crippen LogP contribution in [0.5, 0.6) is 5.75 Å². The van der Waals surface area contributed by atoms with Crippen LogP contribution in [0.15, 0.2) is 24.3 Å². The first-order valence-corrected chi connectivity index (χ1v) is 5.72. The number of nitrogens with one attached hydrogen (secondary N) is 1. The third-order valence-electron chi connectivity index (χ3n) is 2.48. The van der Waals surface area contributed by atoms with Gasteiger partial charge in [-0.2, -0.15) is 0 Å². The molecule has 1 unspecified atom stereocenters. The molecular formula is C13H20N2O2. The van der Waals surface area contributed by atoms with Gasteiger partial charge in [0, 0.05) is 6.04 Å². The molecule has 0 fully saturated rings. The van der Waals surface area contributed by atoms with Crippen LogP contribution in [0.2, 0.25) is 0 Å². The second kappa shape index (κ2) is 6.25. The summed E-state index contributed by atoms with van der Waals surface area (Å²) in [6.45, 7) is 3.63. The Bertz CT molecular complexity index is 377. The van der Waals surface area contributed by atoms with E-state index in [0.717, 1.165) is 17.7 Å². The molecule has 94 valence electrons. The number of hydrogen-bond acceptors (Lipinski definition) is 3.